The molecule has 0 amide bonds. The first-order valence-electron chi connectivity index (χ1n) is 8.61. The first-order chi connectivity index (χ1) is 12.3. The first-order valence-corrected chi connectivity index (χ1v) is 8.61. The second-order valence-corrected chi connectivity index (χ2v) is 5.61. The number of hydrogen-bond donors (Lipinski definition) is 2. The number of aliphatic imine (C=N–C) groups is 1. The number of halogens is 1. The van der Waals surface area contributed by atoms with E-state index in [-0.39, 0.29) is 24.0 Å². The summed E-state index contributed by atoms with van der Waals surface area (Å²) in [5, 5.41) is 6.62. The Morgan fingerprint density at radius 3 is 2.58 bits per heavy atom. The van der Waals surface area contributed by atoms with Crippen molar-refractivity contribution in [3.8, 4) is 11.5 Å². The predicted octanol–water partition coefficient (Wildman–Crippen LogP) is 3.27. The van der Waals surface area contributed by atoms with E-state index in [1.165, 1.54) is 0 Å². The lowest BCUT2D eigenvalue weighted by molar-refractivity contribution is 0.294. The summed E-state index contributed by atoms with van der Waals surface area (Å²) in [6, 6.07) is 10.0. The third-order valence-corrected chi connectivity index (χ3v) is 3.70. The van der Waals surface area contributed by atoms with Gasteiger partial charge in [0.15, 0.2) is 17.5 Å². The van der Waals surface area contributed by atoms with Crippen LogP contribution in [0.15, 0.2) is 47.7 Å². The Kier molecular flexibility index (Phi) is 10.6. The van der Waals surface area contributed by atoms with Gasteiger partial charge < -0.3 is 24.7 Å². The van der Waals surface area contributed by atoms with Crippen LogP contribution in [-0.2, 0) is 13.1 Å². The Morgan fingerprint density at radius 2 is 1.92 bits per heavy atom. The number of aromatic nitrogens is 1. The average Bonchev–Trinajstić information content (AvgIpc) is 3.16. The minimum Gasteiger partial charge on any atom is -0.493 e. The molecule has 0 aliphatic heterocycles. The van der Waals surface area contributed by atoms with E-state index in [9.17, 15) is 0 Å². The molecule has 2 aromatic rings. The number of hydrogen-bond acceptors (Lipinski definition) is 3. The summed E-state index contributed by atoms with van der Waals surface area (Å²) in [6.45, 7) is 5.13. The summed E-state index contributed by atoms with van der Waals surface area (Å²) in [4.78, 5) is 4.25. The number of benzene rings is 1. The van der Waals surface area contributed by atoms with Gasteiger partial charge in [-0.15, -0.1) is 24.0 Å². The molecule has 26 heavy (non-hydrogen) atoms. The van der Waals surface area contributed by atoms with Gasteiger partial charge in [0.05, 0.1) is 13.7 Å². The van der Waals surface area contributed by atoms with Crippen molar-refractivity contribution >= 4 is 29.9 Å². The van der Waals surface area contributed by atoms with Crippen molar-refractivity contribution in [3.05, 3.63) is 48.3 Å². The van der Waals surface area contributed by atoms with Gasteiger partial charge in [0.1, 0.15) is 0 Å². The Labute approximate surface area is 173 Å². The number of guanidine groups is 1. The van der Waals surface area contributed by atoms with Crippen molar-refractivity contribution < 1.29 is 9.47 Å². The maximum atomic E-state index is 5.68. The van der Waals surface area contributed by atoms with Crippen molar-refractivity contribution in [2.75, 3.05) is 27.3 Å². The highest BCUT2D eigenvalue weighted by Crippen LogP contribution is 2.28. The molecule has 0 saturated carbocycles. The largest absolute Gasteiger partial charge is 0.493 e. The van der Waals surface area contributed by atoms with Crippen molar-refractivity contribution in [1.82, 2.24) is 15.2 Å². The molecule has 0 radical (unpaired) electrons. The monoisotopic (exact) mass is 472 g/mol. The zero-order valence-corrected chi connectivity index (χ0v) is 18.0. The highest BCUT2D eigenvalue weighted by Gasteiger charge is 2.06. The Morgan fingerprint density at radius 1 is 1.15 bits per heavy atom. The minimum atomic E-state index is 0. The van der Waals surface area contributed by atoms with Gasteiger partial charge >= 0.3 is 0 Å². The van der Waals surface area contributed by atoms with Crippen molar-refractivity contribution in [2.45, 2.75) is 26.4 Å². The van der Waals surface area contributed by atoms with Gasteiger partial charge in [-0.1, -0.05) is 13.0 Å². The molecule has 0 unspecified atom stereocenters. The first kappa shape index (κ1) is 22.1. The van der Waals surface area contributed by atoms with Crippen LogP contribution in [0, 0.1) is 0 Å². The Bertz CT molecular complexity index is 660. The second-order valence-electron chi connectivity index (χ2n) is 5.61. The molecule has 2 rings (SSSR count). The molecule has 0 aliphatic carbocycles. The maximum Gasteiger partial charge on any atom is 0.191 e. The molecule has 0 aliphatic rings. The van der Waals surface area contributed by atoms with Crippen LogP contribution >= 0.6 is 24.0 Å². The highest BCUT2D eigenvalue weighted by atomic mass is 127. The summed E-state index contributed by atoms with van der Waals surface area (Å²) in [6.07, 6.45) is 5.07. The van der Waals surface area contributed by atoms with Gasteiger partial charge in [-0.2, -0.15) is 0 Å². The van der Waals surface area contributed by atoms with E-state index in [0.29, 0.717) is 13.2 Å². The molecule has 1 aromatic carbocycles. The predicted molar refractivity (Wildman–Crippen MR) is 117 cm³/mol. The molecule has 7 heteroatoms. The highest BCUT2D eigenvalue weighted by molar-refractivity contribution is 14.0. The number of nitrogens with zero attached hydrogens (tertiary/aromatic N) is 2. The second kappa shape index (κ2) is 12.5. The lowest BCUT2D eigenvalue weighted by Gasteiger charge is -2.14. The zero-order chi connectivity index (χ0) is 17.9. The van der Waals surface area contributed by atoms with Crippen LogP contribution in [0.1, 0.15) is 18.9 Å². The minimum absolute atomic E-state index is 0. The van der Waals surface area contributed by atoms with E-state index >= 15 is 0 Å². The van der Waals surface area contributed by atoms with Crippen LogP contribution in [0.2, 0.25) is 0 Å². The summed E-state index contributed by atoms with van der Waals surface area (Å²) in [5.74, 6) is 2.31. The molecule has 2 N–H and O–H groups in total. The van der Waals surface area contributed by atoms with E-state index < -0.39 is 0 Å². The number of rotatable bonds is 9. The molecular formula is C19H29IN4O2. The molecule has 0 bridgehead atoms. The standard InChI is InChI=1S/C19H28N4O2.HI/c1-4-13-25-17-8-7-16(14-18(17)24-3)15-22-19(20-2)21-9-12-23-10-5-6-11-23;/h5-8,10-11,14H,4,9,12-13,15H2,1-3H3,(H2,20,21,22);1H. The van der Waals surface area contributed by atoms with Crippen LogP contribution < -0.4 is 20.1 Å². The SMILES string of the molecule is CCCOc1ccc(CNC(=NC)NCCn2cccc2)cc1OC.I. The average molecular weight is 472 g/mol. The topological polar surface area (TPSA) is 59.8 Å². The van der Waals surface area contributed by atoms with Gasteiger partial charge in [-0.05, 0) is 36.2 Å². The van der Waals surface area contributed by atoms with E-state index in [1.54, 1.807) is 14.2 Å². The summed E-state index contributed by atoms with van der Waals surface area (Å²) >= 11 is 0. The molecular weight excluding hydrogens is 443 g/mol. The molecule has 0 spiro atoms. The van der Waals surface area contributed by atoms with E-state index in [2.05, 4.69) is 27.1 Å². The molecule has 1 heterocycles. The van der Waals surface area contributed by atoms with E-state index in [1.807, 2.05) is 42.7 Å². The van der Waals surface area contributed by atoms with Gasteiger partial charge in [0, 0.05) is 39.1 Å². The third kappa shape index (κ3) is 7.15. The molecule has 1 aromatic heterocycles. The maximum absolute atomic E-state index is 5.68. The lowest BCUT2D eigenvalue weighted by Crippen LogP contribution is -2.38. The van der Waals surface area contributed by atoms with E-state index in [0.717, 1.165) is 42.5 Å². The summed E-state index contributed by atoms with van der Waals surface area (Å²) in [7, 11) is 3.43. The quantitative estimate of drug-likeness (QED) is 0.334. The zero-order valence-electron chi connectivity index (χ0n) is 15.7. The van der Waals surface area contributed by atoms with Crippen LogP contribution in [0.4, 0.5) is 0 Å². The van der Waals surface area contributed by atoms with Gasteiger partial charge in [-0.3, -0.25) is 4.99 Å². The Hall–Kier alpha value is -1.90. The van der Waals surface area contributed by atoms with E-state index in [4.69, 9.17) is 9.47 Å². The normalized spacial score (nSPS) is 10.8. The number of nitrogens with one attached hydrogen (secondary N) is 2. The van der Waals surface area contributed by atoms with Crippen LogP contribution in [0.3, 0.4) is 0 Å². The third-order valence-electron chi connectivity index (χ3n) is 3.70. The fourth-order valence-electron chi connectivity index (χ4n) is 2.38. The fraction of sp³-hybridized carbons (Fsp3) is 0.421. The molecule has 0 atom stereocenters. The molecule has 144 valence electrons. The summed E-state index contributed by atoms with van der Waals surface area (Å²) in [5.41, 5.74) is 1.11. The van der Waals surface area contributed by atoms with Crippen LogP contribution in [0.25, 0.3) is 0 Å². The summed E-state index contributed by atoms with van der Waals surface area (Å²) < 4.78 is 13.2. The fourth-order valence-corrected chi connectivity index (χ4v) is 2.38. The lowest BCUT2D eigenvalue weighted by atomic mass is 10.2. The smallest absolute Gasteiger partial charge is 0.191 e. The molecule has 0 saturated heterocycles. The number of ether oxygens (including phenoxy) is 2. The Balaban J connectivity index is 0.00000338. The van der Waals surface area contributed by atoms with Crippen LogP contribution in [-0.4, -0.2) is 37.8 Å². The van der Waals surface area contributed by atoms with Gasteiger partial charge in [0.2, 0.25) is 0 Å². The van der Waals surface area contributed by atoms with Gasteiger partial charge in [-0.25, -0.2) is 0 Å². The van der Waals surface area contributed by atoms with Crippen molar-refractivity contribution in [2.24, 2.45) is 4.99 Å². The molecule has 6 nitrogen and oxygen atoms in total. The van der Waals surface area contributed by atoms with Crippen molar-refractivity contribution in [3.63, 3.8) is 0 Å². The molecule has 0 fully saturated rings. The van der Waals surface area contributed by atoms with Crippen molar-refractivity contribution in [1.29, 1.82) is 0 Å². The number of methoxy groups -OCH3 is 1. The van der Waals surface area contributed by atoms with Gasteiger partial charge in [0.25, 0.3) is 0 Å². The van der Waals surface area contributed by atoms with Crippen LogP contribution in [0.5, 0.6) is 11.5 Å².